The molecule has 1 atom stereocenters. The number of carbonyl (C=O) groups is 1. The fourth-order valence-electron chi connectivity index (χ4n) is 1.68. The number of rotatable bonds is 2. The number of aryl methyl sites for hydroxylation is 1. The molecule has 2 N–H and O–H groups in total. The second-order valence-electron chi connectivity index (χ2n) is 3.40. The van der Waals surface area contributed by atoms with E-state index >= 15 is 0 Å². The Bertz CT molecular complexity index is 564. The van der Waals surface area contributed by atoms with E-state index in [2.05, 4.69) is 21.0 Å². The summed E-state index contributed by atoms with van der Waals surface area (Å²) in [4.78, 5) is 10.8. The molecule has 0 aliphatic heterocycles. The summed E-state index contributed by atoms with van der Waals surface area (Å²) < 4.78 is 2.17. The van der Waals surface area contributed by atoms with Crippen molar-refractivity contribution in [2.45, 2.75) is 6.10 Å². The minimum atomic E-state index is -1.54. The van der Waals surface area contributed by atoms with Crippen molar-refractivity contribution >= 4 is 32.8 Å². The Hall–Kier alpha value is -1.40. The number of para-hydroxylation sites is 1. The lowest BCUT2D eigenvalue weighted by Crippen LogP contribution is -2.11. The maximum absolute atomic E-state index is 10.8. The molecular weight excluding hydrogens is 276 g/mol. The van der Waals surface area contributed by atoms with E-state index in [9.17, 15) is 9.90 Å². The summed E-state index contributed by atoms with van der Waals surface area (Å²) in [5.41, 5.74) is 0.954. The first kappa shape index (κ1) is 11.1. The lowest BCUT2D eigenvalue weighted by molar-refractivity contribution is -0.146. The number of aliphatic hydroxyl groups is 1. The van der Waals surface area contributed by atoms with Crippen LogP contribution in [0.15, 0.2) is 22.8 Å². The van der Waals surface area contributed by atoms with Gasteiger partial charge in [0.15, 0.2) is 6.10 Å². The summed E-state index contributed by atoms with van der Waals surface area (Å²) >= 11 is 3.28. The Balaban J connectivity index is 2.75. The first-order valence-electron chi connectivity index (χ1n) is 4.54. The Kier molecular flexibility index (Phi) is 2.69. The van der Waals surface area contributed by atoms with Crippen molar-refractivity contribution in [2.24, 2.45) is 7.05 Å². The minimum absolute atomic E-state index is 0.339. The van der Waals surface area contributed by atoms with Gasteiger partial charge in [-0.3, -0.25) is 4.68 Å². The van der Waals surface area contributed by atoms with Gasteiger partial charge in [0.05, 0.1) is 5.52 Å². The molecule has 0 bridgehead atoms. The van der Waals surface area contributed by atoms with E-state index in [0.29, 0.717) is 15.7 Å². The zero-order valence-corrected chi connectivity index (χ0v) is 9.97. The number of aliphatic carboxylic acids is 1. The van der Waals surface area contributed by atoms with Crippen LogP contribution >= 0.6 is 15.9 Å². The normalized spacial score (nSPS) is 12.9. The van der Waals surface area contributed by atoms with Crippen molar-refractivity contribution in [1.29, 1.82) is 0 Å². The lowest BCUT2D eigenvalue weighted by atomic mass is 10.1. The van der Waals surface area contributed by atoms with Crippen molar-refractivity contribution in [3.63, 3.8) is 0 Å². The molecule has 16 heavy (non-hydrogen) atoms. The lowest BCUT2D eigenvalue weighted by Gasteiger charge is -2.08. The maximum atomic E-state index is 10.8. The SMILES string of the molecule is Cn1nc(Br)c2cccc(C(O)C(=O)O)c21. The topological polar surface area (TPSA) is 75.3 Å². The second-order valence-corrected chi connectivity index (χ2v) is 4.15. The van der Waals surface area contributed by atoms with Crippen LogP contribution in [0.5, 0.6) is 0 Å². The molecule has 5 nitrogen and oxygen atoms in total. The van der Waals surface area contributed by atoms with Crippen molar-refractivity contribution in [3.8, 4) is 0 Å². The molecule has 1 unspecified atom stereocenters. The van der Waals surface area contributed by atoms with Crippen molar-refractivity contribution in [3.05, 3.63) is 28.4 Å². The number of carboxylic acid groups (broad SMARTS) is 1. The smallest absolute Gasteiger partial charge is 0.337 e. The summed E-state index contributed by atoms with van der Waals surface area (Å²) in [6.45, 7) is 0. The molecular formula is C10H9BrN2O3. The van der Waals surface area contributed by atoms with Crippen LogP contribution in [0.4, 0.5) is 0 Å². The quantitative estimate of drug-likeness (QED) is 0.875. The zero-order chi connectivity index (χ0) is 11.9. The van der Waals surface area contributed by atoms with Gasteiger partial charge in [-0.25, -0.2) is 4.79 Å². The molecule has 1 aromatic heterocycles. The average molecular weight is 285 g/mol. The van der Waals surface area contributed by atoms with Crippen LogP contribution in [-0.2, 0) is 11.8 Å². The predicted molar refractivity (Wildman–Crippen MR) is 61.0 cm³/mol. The summed E-state index contributed by atoms with van der Waals surface area (Å²) in [6.07, 6.45) is -1.54. The molecule has 0 saturated heterocycles. The number of benzene rings is 1. The third-order valence-corrected chi connectivity index (χ3v) is 2.97. The molecule has 0 aliphatic carbocycles. The number of hydrogen-bond donors (Lipinski definition) is 2. The molecule has 0 saturated carbocycles. The first-order chi connectivity index (χ1) is 7.52. The third kappa shape index (κ3) is 1.60. The van der Waals surface area contributed by atoms with Crippen molar-refractivity contribution < 1.29 is 15.0 Å². The molecule has 6 heteroatoms. The minimum Gasteiger partial charge on any atom is -0.479 e. The number of carboxylic acids is 1. The molecule has 1 heterocycles. The van der Waals surface area contributed by atoms with E-state index < -0.39 is 12.1 Å². The number of nitrogens with zero attached hydrogens (tertiary/aromatic N) is 2. The van der Waals surface area contributed by atoms with Gasteiger partial charge in [-0.1, -0.05) is 18.2 Å². The van der Waals surface area contributed by atoms with Gasteiger partial charge in [-0.05, 0) is 15.9 Å². The van der Waals surface area contributed by atoms with Gasteiger partial charge in [-0.15, -0.1) is 0 Å². The van der Waals surface area contributed by atoms with Gasteiger partial charge in [0.25, 0.3) is 0 Å². The van der Waals surface area contributed by atoms with Gasteiger partial charge in [0.2, 0.25) is 0 Å². The number of hydrogen-bond acceptors (Lipinski definition) is 3. The van der Waals surface area contributed by atoms with Crippen molar-refractivity contribution in [1.82, 2.24) is 9.78 Å². The monoisotopic (exact) mass is 284 g/mol. The highest BCUT2D eigenvalue weighted by Gasteiger charge is 2.21. The molecule has 0 spiro atoms. The fraction of sp³-hybridized carbons (Fsp3) is 0.200. The van der Waals surface area contributed by atoms with E-state index in [-0.39, 0.29) is 0 Å². The molecule has 0 radical (unpaired) electrons. The van der Waals surface area contributed by atoms with Crippen LogP contribution in [0.25, 0.3) is 10.9 Å². The van der Waals surface area contributed by atoms with E-state index in [1.807, 2.05) is 6.07 Å². The third-order valence-electron chi connectivity index (χ3n) is 2.38. The Morgan fingerprint density at radius 3 is 2.88 bits per heavy atom. The number of aliphatic hydroxyl groups excluding tert-OH is 1. The van der Waals surface area contributed by atoms with Crippen LogP contribution in [0.1, 0.15) is 11.7 Å². The van der Waals surface area contributed by atoms with Crippen LogP contribution in [-0.4, -0.2) is 26.0 Å². The van der Waals surface area contributed by atoms with Crippen LogP contribution in [0, 0.1) is 0 Å². The van der Waals surface area contributed by atoms with E-state index in [4.69, 9.17) is 5.11 Å². The highest BCUT2D eigenvalue weighted by atomic mass is 79.9. The average Bonchev–Trinajstić information content (AvgIpc) is 2.54. The van der Waals surface area contributed by atoms with Gasteiger partial charge in [0.1, 0.15) is 4.60 Å². The summed E-state index contributed by atoms with van der Waals surface area (Å²) in [6, 6.07) is 5.08. The van der Waals surface area contributed by atoms with Gasteiger partial charge in [0, 0.05) is 18.0 Å². The molecule has 2 rings (SSSR count). The summed E-state index contributed by atoms with van der Waals surface area (Å²) in [5, 5.41) is 23.3. The van der Waals surface area contributed by atoms with Crippen LogP contribution in [0.2, 0.25) is 0 Å². The second kappa shape index (κ2) is 3.88. The van der Waals surface area contributed by atoms with E-state index in [1.165, 1.54) is 0 Å². The predicted octanol–water partition coefficient (Wildman–Crippen LogP) is 1.45. The van der Waals surface area contributed by atoms with Gasteiger partial charge >= 0.3 is 5.97 Å². The Morgan fingerprint density at radius 2 is 2.25 bits per heavy atom. The largest absolute Gasteiger partial charge is 0.479 e. The number of aromatic nitrogens is 2. The number of halogens is 1. The summed E-state index contributed by atoms with van der Waals surface area (Å²) in [5.74, 6) is -1.27. The van der Waals surface area contributed by atoms with Crippen molar-refractivity contribution in [2.75, 3.05) is 0 Å². The molecule has 84 valence electrons. The zero-order valence-electron chi connectivity index (χ0n) is 8.38. The highest BCUT2D eigenvalue weighted by Crippen LogP contribution is 2.28. The molecule has 0 amide bonds. The van der Waals surface area contributed by atoms with Gasteiger partial charge in [-0.2, -0.15) is 5.10 Å². The van der Waals surface area contributed by atoms with Gasteiger partial charge < -0.3 is 10.2 Å². The molecule has 0 aliphatic rings. The van der Waals surface area contributed by atoms with Crippen LogP contribution in [0.3, 0.4) is 0 Å². The highest BCUT2D eigenvalue weighted by molar-refractivity contribution is 9.10. The van der Waals surface area contributed by atoms with E-state index in [0.717, 1.165) is 5.39 Å². The Morgan fingerprint density at radius 1 is 1.56 bits per heavy atom. The summed E-state index contributed by atoms with van der Waals surface area (Å²) in [7, 11) is 1.70. The standard InChI is InChI=1S/C10H9BrN2O3/c1-13-7-5(8(14)10(15)16)3-2-4-6(7)9(11)12-13/h2-4,8,14H,1H3,(H,15,16). The van der Waals surface area contributed by atoms with Crippen LogP contribution < -0.4 is 0 Å². The molecule has 1 aromatic carbocycles. The Labute approximate surface area is 99.4 Å². The molecule has 2 aromatic rings. The first-order valence-corrected chi connectivity index (χ1v) is 5.33. The maximum Gasteiger partial charge on any atom is 0.337 e. The number of fused-ring (bicyclic) bond motifs is 1. The van der Waals surface area contributed by atoms with E-state index in [1.54, 1.807) is 23.9 Å². The fourth-order valence-corrected chi connectivity index (χ4v) is 2.24. The molecule has 0 fully saturated rings.